The van der Waals surface area contributed by atoms with Crippen molar-refractivity contribution in [2.75, 3.05) is 13.2 Å². The average Bonchev–Trinajstić information content (AvgIpc) is 2.92. The Morgan fingerprint density at radius 1 is 1.20 bits per heavy atom. The van der Waals surface area contributed by atoms with Crippen molar-refractivity contribution >= 4 is 17.7 Å². The number of esters is 2. The first-order chi connectivity index (χ1) is 11.9. The van der Waals surface area contributed by atoms with Gasteiger partial charge in [0.05, 0.1) is 23.7 Å². The lowest BCUT2D eigenvalue weighted by molar-refractivity contribution is -0.737. The van der Waals surface area contributed by atoms with Gasteiger partial charge in [-0.05, 0) is 26.3 Å². The molecule has 1 aliphatic heterocycles. The first-order valence-corrected chi connectivity index (χ1v) is 8.01. The summed E-state index contributed by atoms with van der Waals surface area (Å²) in [6, 6.07) is 7.23. The summed E-state index contributed by atoms with van der Waals surface area (Å²) in [6.45, 7) is 9.18. The van der Waals surface area contributed by atoms with Crippen molar-refractivity contribution in [3.05, 3.63) is 52.8 Å². The Balaban J connectivity index is 2.44. The minimum Gasteiger partial charge on any atom is -0.463 e. The lowest BCUT2D eigenvalue weighted by Crippen LogP contribution is -2.32. The maximum atomic E-state index is 12.2. The minimum atomic E-state index is -1.04. The third kappa shape index (κ3) is 3.81. The second-order valence-corrected chi connectivity index (χ2v) is 5.52. The summed E-state index contributed by atoms with van der Waals surface area (Å²) in [5, 5.41) is 12.2. The molecule has 0 amide bonds. The second-order valence-electron chi connectivity index (χ2n) is 5.52. The molecule has 0 aromatic heterocycles. The highest BCUT2D eigenvalue weighted by molar-refractivity contribution is 6.37. The molecule has 0 aliphatic carbocycles. The summed E-state index contributed by atoms with van der Waals surface area (Å²) < 4.78 is 9.90. The van der Waals surface area contributed by atoms with E-state index >= 15 is 0 Å². The van der Waals surface area contributed by atoms with Gasteiger partial charge in [0.25, 0.3) is 0 Å². The van der Waals surface area contributed by atoms with Crippen molar-refractivity contribution in [1.82, 2.24) is 0 Å². The lowest BCUT2D eigenvalue weighted by Gasteiger charge is -2.20. The Bertz CT molecular complexity index is 707. The SMILES string of the molecule is C=C(C(=O)OCC)[C@H]1O[N+]([O-])=C(C(=O)OCC)[C@@H]1c1ccc(C)cc1. The third-order valence-corrected chi connectivity index (χ3v) is 3.81. The van der Waals surface area contributed by atoms with Gasteiger partial charge in [0.2, 0.25) is 0 Å². The van der Waals surface area contributed by atoms with Crippen LogP contribution in [-0.2, 0) is 23.9 Å². The summed E-state index contributed by atoms with van der Waals surface area (Å²) in [4.78, 5) is 29.6. The molecule has 7 heteroatoms. The number of ether oxygens (including phenoxy) is 2. The molecule has 7 nitrogen and oxygen atoms in total. The fourth-order valence-electron chi connectivity index (χ4n) is 2.60. The smallest absolute Gasteiger partial charge is 0.405 e. The molecule has 0 spiro atoms. The molecular formula is C18H21NO6. The molecule has 0 unspecified atom stereocenters. The molecule has 0 radical (unpaired) electrons. The van der Waals surface area contributed by atoms with E-state index in [2.05, 4.69) is 6.58 Å². The van der Waals surface area contributed by atoms with Crippen LogP contribution in [0.1, 0.15) is 30.9 Å². The Morgan fingerprint density at radius 2 is 1.80 bits per heavy atom. The Labute approximate surface area is 146 Å². The van der Waals surface area contributed by atoms with Crippen molar-refractivity contribution in [3.63, 3.8) is 0 Å². The maximum absolute atomic E-state index is 12.2. The molecule has 1 heterocycles. The quantitative estimate of drug-likeness (QED) is 0.444. The largest absolute Gasteiger partial charge is 0.463 e. The molecular weight excluding hydrogens is 326 g/mol. The molecule has 1 aliphatic rings. The number of carbonyl (C=O) groups is 2. The first-order valence-electron chi connectivity index (χ1n) is 8.01. The van der Waals surface area contributed by atoms with Crippen LogP contribution in [0.5, 0.6) is 0 Å². The predicted octanol–water partition coefficient (Wildman–Crippen LogP) is 2.03. The Kier molecular flexibility index (Phi) is 5.80. The van der Waals surface area contributed by atoms with E-state index in [9.17, 15) is 14.8 Å². The van der Waals surface area contributed by atoms with Gasteiger partial charge in [-0.2, -0.15) is 0 Å². The standard InChI is InChI=1S/C18H21NO6/c1-5-23-17(20)12(4)16-14(13-9-7-11(3)8-10-13)15(19(22)25-16)18(21)24-6-2/h7-10,14,16H,4-6H2,1-3H3/t14-,16+/m0/s1. The Morgan fingerprint density at radius 3 is 2.36 bits per heavy atom. The van der Waals surface area contributed by atoms with Gasteiger partial charge < -0.3 is 14.3 Å². The van der Waals surface area contributed by atoms with Crippen LogP contribution >= 0.6 is 0 Å². The van der Waals surface area contributed by atoms with Crippen molar-refractivity contribution in [2.24, 2.45) is 0 Å². The van der Waals surface area contributed by atoms with E-state index in [0.29, 0.717) is 5.56 Å². The van der Waals surface area contributed by atoms with E-state index < -0.39 is 24.0 Å². The van der Waals surface area contributed by atoms with Crippen LogP contribution in [0.2, 0.25) is 0 Å². The zero-order chi connectivity index (χ0) is 18.6. The maximum Gasteiger partial charge on any atom is 0.405 e. The van der Waals surface area contributed by atoms with E-state index in [-0.39, 0.29) is 29.4 Å². The topological polar surface area (TPSA) is 87.9 Å². The molecule has 25 heavy (non-hydrogen) atoms. The molecule has 2 rings (SSSR count). The molecule has 0 N–H and O–H groups in total. The number of nitrogens with zero attached hydrogens (tertiary/aromatic N) is 1. The number of hydrogen-bond acceptors (Lipinski definition) is 6. The molecule has 0 fully saturated rings. The number of benzene rings is 1. The lowest BCUT2D eigenvalue weighted by atomic mass is 9.85. The third-order valence-electron chi connectivity index (χ3n) is 3.81. The van der Waals surface area contributed by atoms with Crippen molar-refractivity contribution in [2.45, 2.75) is 32.8 Å². The van der Waals surface area contributed by atoms with Crippen molar-refractivity contribution in [1.29, 1.82) is 0 Å². The molecule has 134 valence electrons. The minimum absolute atomic E-state index is 0.0347. The average molecular weight is 347 g/mol. The van der Waals surface area contributed by atoms with Gasteiger partial charge in [-0.3, -0.25) is 5.21 Å². The molecule has 0 saturated carbocycles. The van der Waals surface area contributed by atoms with Gasteiger partial charge in [-0.1, -0.05) is 36.4 Å². The predicted molar refractivity (Wildman–Crippen MR) is 89.8 cm³/mol. The van der Waals surface area contributed by atoms with Crippen LogP contribution in [0.15, 0.2) is 36.4 Å². The highest BCUT2D eigenvalue weighted by Crippen LogP contribution is 2.33. The van der Waals surface area contributed by atoms with Crippen LogP contribution in [0.3, 0.4) is 0 Å². The molecule has 0 bridgehead atoms. The van der Waals surface area contributed by atoms with Crippen LogP contribution in [0.25, 0.3) is 0 Å². The zero-order valence-electron chi connectivity index (χ0n) is 14.5. The fourth-order valence-corrected chi connectivity index (χ4v) is 2.60. The van der Waals surface area contributed by atoms with Gasteiger partial charge in [-0.25, -0.2) is 9.59 Å². The summed E-state index contributed by atoms with van der Waals surface area (Å²) in [6.07, 6.45) is -1.04. The molecule has 2 atom stereocenters. The highest BCUT2D eigenvalue weighted by atomic mass is 16.9. The highest BCUT2D eigenvalue weighted by Gasteiger charge is 2.48. The van der Waals surface area contributed by atoms with E-state index in [1.807, 2.05) is 19.1 Å². The van der Waals surface area contributed by atoms with E-state index in [4.69, 9.17) is 14.3 Å². The first kappa shape index (κ1) is 18.5. The van der Waals surface area contributed by atoms with Gasteiger partial charge >= 0.3 is 17.7 Å². The number of rotatable bonds is 6. The number of hydrogen-bond donors (Lipinski definition) is 0. The van der Waals surface area contributed by atoms with Gasteiger partial charge in [0, 0.05) is 0 Å². The fraction of sp³-hybridized carbons (Fsp3) is 0.389. The summed E-state index contributed by atoms with van der Waals surface area (Å²) in [5.74, 6) is -2.28. The number of carbonyl (C=O) groups excluding carboxylic acids is 2. The van der Waals surface area contributed by atoms with Crippen LogP contribution in [0.4, 0.5) is 0 Å². The number of aryl methyl sites for hydroxylation is 1. The monoisotopic (exact) mass is 347 g/mol. The molecule has 0 saturated heterocycles. The van der Waals surface area contributed by atoms with Gasteiger partial charge in [0.15, 0.2) is 0 Å². The van der Waals surface area contributed by atoms with Crippen molar-refractivity contribution < 1.29 is 28.8 Å². The van der Waals surface area contributed by atoms with Crippen molar-refractivity contribution in [3.8, 4) is 0 Å². The van der Waals surface area contributed by atoms with Gasteiger partial charge in [-0.15, -0.1) is 0 Å². The molecule has 1 aromatic rings. The summed E-state index contributed by atoms with van der Waals surface area (Å²) >= 11 is 0. The van der Waals surface area contributed by atoms with Crippen LogP contribution < -0.4 is 0 Å². The van der Waals surface area contributed by atoms with Gasteiger partial charge in [0.1, 0.15) is 12.0 Å². The van der Waals surface area contributed by atoms with Crippen LogP contribution in [0, 0.1) is 12.1 Å². The van der Waals surface area contributed by atoms with E-state index in [1.165, 1.54) is 0 Å². The molecule has 1 aromatic carbocycles. The van der Waals surface area contributed by atoms with E-state index in [0.717, 1.165) is 5.56 Å². The van der Waals surface area contributed by atoms with Crippen LogP contribution in [-0.4, -0.2) is 41.9 Å². The second kappa shape index (κ2) is 7.83. The zero-order valence-corrected chi connectivity index (χ0v) is 14.5. The Hall–Kier alpha value is -2.83. The summed E-state index contributed by atoms with van der Waals surface area (Å²) in [7, 11) is 0. The van der Waals surface area contributed by atoms with E-state index in [1.54, 1.807) is 26.0 Å². The summed E-state index contributed by atoms with van der Waals surface area (Å²) in [5.41, 5.74) is 1.40. The normalized spacial score (nSPS) is 19.3.